The van der Waals surface area contributed by atoms with E-state index in [4.69, 9.17) is 9.47 Å². The monoisotopic (exact) mass is 369 g/mol. The number of ether oxygens (including phenoxy) is 2. The van der Waals surface area contributed by atoms with E-state index in [-0.39, 0.29) is 23.9 Å². The first-order chi connectivity index (χ1) is 13.2. The number of benzene rings is 2. The summed E-state index contributed by atoms with van der Waals surface area (Å²) in [5, 5.41) is 3.09. The Kier molecular flexibility index (Phi) is 5.50. The van der Waals surface area contributed by atoms with Gasteiger partial charge in [-0.15, -0.1) is 0 Å². The molecular formula is C22H24FNO3. The molecule has 1 aliphatic heterocycles. The van der Waals surface area contributed by atoms with Crippen molar-refractivity contribution in [2.75, 3.05) is 19.8 Å². The SMILES string of the molecule is O=C(N[C@@H]1COCC[C@@H]1OCC1CC1)c1ccccc1-c1ccc(F)cc1. The molecular weight excluding hydrogens is 345 g/mol. The van der Waals surface area contributed by atoms with E-state index in [0.29, 0.717) is 24.7 Å². The maximum absolute atomic E-state index is 13.2. The Hall–Kier alpha value is -2.24. The summed E-state index contributed by atoms with van der Waals surface area (Å²) in [5.74, 6) is 0.226. The summed E-state index contributed by atoms with van der Waals surface area (Å²) in [5.41, 5.74) is 2.15. The number of halogens is 1. The predicted molar refractivity (Wildman–Crippen MR) is 101 cm³/mol. The summed E-state index contributed by atoms with van der Waals surface area (Å²) >= 11 is 0. The minimum atomic E-state index is -0.296. The van der Waals surface area contributed by atoms with Crippen LogP contribution in [-0.2, 0) is 9.47 Å². The zero-order chi connectivity index (χ0) is 18.6. The van der Waals surface area contributed by atoms with Crippen LogP contribution in [0.4, 0.5) is 4.39 Å². The molecule has 142 valence electrons. The molecule has 1 heterocycles. The van der Waals surface area contributed by atoms with Gasteiger partial charge in [0.2, 0.25) is 0 Å². The number of rotatable bonds is 6. The van der Waals surface area contributed by atoms with Crippen molar-refractivity contribution in [2.24, 2.45) is 5.92 Å². The average Bonchev–Trinajstić information content (AvgIpc) is 3.52. The van der Waals surface area contributed by atoms with E-state index in [1.165, 1.54) is 25.0 Å². The molecule has 1 amide bonds. The fraction of sp³-hybridized carbons (Fsp3) is 0.409. The van der Waals surface area contributed by atoms with E-state index in [1.807, 2.05) is 18.2 Å². The third-order valence-electron chi connectivity index (χ3n) is 5.18. The quantitative estimate of drug-likeness (QED) is 0.842. The molecule has 5 heteroatoms. The van der Waals surface area contributed by atoms with Crippen molar-refractivity contribution in [1.82, 2.24) is 5.32 Å². The second kappa shape index (κ2) is 8.19. The van der Waals surface area contributed by atoms with Crippen molar-refractivity contribution in [2.45, 2.75) is 31.4 Å². The van der Waals surface area contributed by atoms with Crippen molar-refractivity contribution < 1.29 is 18.7 Å². The number of carbonyl (C=O) groups excluding carboxylic acids is 1. The van der Waals surface area contributed by atoms with E-state index in [9.17, 15) is 9.18 Å². The van der Waals surface area contributed by atoms with Crippen LogP contribution in [0.1, 0.15) is 29.6 Å². The molecule has 4 nitrogen and oxygen atoms in total. The molecule has 27 heavy (non-hydrogen) atoms. The summed E-state index contributed by atoms with van der Waals surface area (Å²) < 4.78 is 24.9. The normalized spacial score (nSPS) is 22.4. The third kappa shape index (κ3) is 4.54. The number of carbonyl (C=O) groups is 1. The minimum Gasteiger partial charge on any atom is -0.379 e. The number of hydrogen-bond donors (Lipinski definition) is 1. The highest BCUT2D eigenvalue weighted by Gasteiger charge is 2.31. The summed E-state index contributed by atoms with van der Waals surface area (Å²) in [6, 6.07) is 13.4. The van der Waals surface area contributed by atoms with Crippen LogP contribution in [0, 0.1) is 11.7 Å². The largest absolute Gasteiger partial charge is 0.379 e. The van der Waals surface area contributed by atoms with Gasteiger partial charge in [0.25, 0.3) is 5.91 Å². The first kappa shape index (κ1) is 18.1. The molecule has 0 aromatic heterocycles. The Labute approximate surface area is 158 Å². The zero-order valence-electron chi connectivity index (χ0n) is 15.2. The summed E-state index contributed by atoms with van der Waals surface area (Å²) in [6.07, 6.45) is 3.26. The van der Waals surface area contributed by atoms with Crippen LogP contribution in [-0.4, -0.2) is 37.9 Å². The van der Waals surface area contributed by atoms with E-state index >= 15 is 0 Å². The average molecular weight is 369 g/mol. The van der Waals surface area contributed by atoms with Crippen LogP contribution in [0.5, 0.6) is 0 Å². The molecule has 1 saturated carbocycles. The molecule has 1 aliphatic carbocycles. The van der Waals surface area contributed by atoms with Gasteiger partial charge < -0.3 is 14.8 Å². The van der Waals surface area contributed by atoms with E-state index in [1.54, 1.807) is 18.2 Å². The lowest BCUT2D eigenvalue weighted by molar-refractivity contribution is -0.0567. The van der Waals surface area contributed by atoms with Gasteiger partial charge >= 0.3 is 0 Å². The van der Waals surface area contributed by atoms with E-state index < -0.39 is 0 Å². The standard InChI is InChI=1S/C22H24FNO3/c23-17-9-7-16(8-10-17)18-3-1-2-4-19(18)22(25)24-20-14-26-12-11-21(20)27-13-15-5-6-15/h1-4,7-10,15,20-21H,5-6,11-14H2,(H,24,25)/t20-,21+/m1/s1. The highest BCUT2D eigenvalue weighted by molar-refractivity contribution is 6.01. The Balaban J connectivity index is 1.49. The molecule has 2 atom stereocenters. The van der Waals surface area contributed by atoms with Gasteiger partial charge in [0.1, 0.15) is 5.82 Å². The summed E-state index contributed by atoms with van der Waals surface area (Å²) in [6.45, 7) is 1.89. The van der Waals surface area contributed by atoms with Gasteiger partial charge in [-0.3, -0.25) is 4.79 Å². The topological polar surface area (TPSA) is 47.6 Å². The summed E-state index contributed by atoms with van der Waals surface area (Å²) in [4.78, 5) is 13.0. The maximum Gasteiger partial charge on any atom is 0.252 e. The van der Waals surface area contributed by atoms with Crippen LogP contribution in [0.15, 0.2) is 48.5 Å². The highest BCUT2D eigenvalue weighted by Crippen LogP contribution is 2.30. The number of amides is 1. The van der Waals surface area contributed by atoms with Crippen molar-refractivity contribution in [1.29, 1.82) is 0 Å². The Bertz CT molecular complexity index is 788. The van der Waals surface area contributed by atoms with Crippen molar-refractivity contribution >= 4 is 5.91 Å². The lowest BCUT2D eigenvalue weighted by atomic mass is 9.98. The molecule has 1 saturated heterocycles. The molecule has 1 N–H and O–H groups in total. The first-order valence-electron chi connectivity index (χ1n) is 9.56. The molecule has 2 aromatic rings. The molecule has 0 radical (unpaired) electrons. The molecule has 2 aromatic carbocycles. The van der Waals surface area contributed by atoms with Gasteiger partial charge in [-0.2, -0.15) is 0 Å². The Morgan fingerprint density at radius 3 is 2.67 bits per heavy atom. The fourth-order valence-electron chi connectivity index (χ4n) is 3.41. The Morgan fingerprint density at radius 1 is 1.11 bits per heavy atom. The van der Waals surface area contributed by atoms with Gasteiger partial charge in [0.05, 0.1) is 18.8 Å². The highest BCUT2D eigenvalue weighted by atomic mass is 19.1. The molecule has 2 fully saturated rings. The smallest absolute Gasteiger partial charge is 0.252 e. The second-order valence-electron chi connectivity index (χ2n) is 7.31. The van der Waals surface area contributed by atoms with Gasteiger partial charge in [-0.05, 0) is 54.5 Å². The fourth-order valence-corrected chi connectivity index (χ4v) is 3.41. The van der Waals surface area contributed by atoms with Crippen LogP contribution in [0.2, 0.25) is 0 Å². The van der Waals surface area contributed by atoms with Gasteiger partial charge in [0.15, 0.2) is 0 Å². The van der Waals surface area contributed by atoms with Crippen LogP contribution in [0.3, 0.4) is 0 Å². The minimum absolute atomic E-state index is 0.0127. The van der Waals surface area contributed by atoms with E-state index in [2.05, 4.69) is 5.32 Å². The predicted octanol–water partition coefficient (Wildman–Crippen LogP) is 3.81. The lowest BCUT2D eigenvalue weighted by Gasteiger charge is -2.32. The van der Waals surface area contributed by atoms with Crippen molar-refractivity contribution in [3.63, 3.8) is 0 Å². The molecule has 0 unspecified atom stereocenters. The van der Waals surface area contributed by atoms with Gasteiger partial charge in [-0.1, -0.05) is 30.3 Å². The molecule has 2 aliphatic rings. The van der Waals surface area contributed by atoms with Gasteiger partial charge in [0, 0.05) is 18.8 Å². The van der Waals surface area contributed by atoms with Crippen LogP contribution in [0.25, 0.3) is 11.1 Å². The first-order valence-corrected chi connectivity index (χ1v) is 9.56. The molecule has 4 rings (SSSR count). The number of hydrogen-bond acceptors (Lipinski definition) is 3. The summed E-state index contributed by atoms with van der Waals surface area (Å²) in [7, 11) is 0. The van der Waals surface area contributed by atoms with Crippen LogP contribution >= 0.6 is 0 Å². The van der Waals surface area contributed by atoms with Crippen molar-refractivity contribution in [3.05, 3.63) is 59.9 Å². The third-order valence-corrected chi connectivity index (χ3v) is 5.18. The maximum atomic E-state index is 13.2. The molecule has 0 bridgehead atoms. The zero-order valence-corrected chi connectivity index (χ0v) is 15.2. The van der Waals surface area contributed by atoms with Gasteiger partial charge in [-0.25, -0.2) is 4.39 Å². The lowest BCUT2D eigenvalue weighted by Crippen LogP contribution is -2.50. The molecule has 0 spiro atoms. The van der Waals surface area contributed by atoms with E-state index in [0.717, 1.165) is 24.2 Å². The number of nitrogens with one attached hydrogen (secondary N) is 1. The van der Waals surface area contributed by atoms with Crippen LogP contribution < -0.4 is 5.32 Å². The van der Waals surface area contributed by atoms with Crippen molar-refractivity contribution in [3.8, 4) is 11.1 Å². The second-order valence-corrected chi connectivity index (χ2v) is 7.31. The Morgan fingerprint density at radius 2 is 1.89 bits per heavy atom.